The first-order chi connectivity index (χ1) is 6.02. The van der Waals surface area contributed by atoms with Crippen molar-refractivity contribution >= 4 is 0 Å². The standard InChI is InChI=1S/C7H9F7/c1-5(9,10)4-7(13,14)6(11,12)2-3-8/h2-4H2,1H3. The van der Waals surface area contributed by atoms with Crippen molar-refractivity contribution in [2.75, 3.05) is 6.67 Å². The molecule has 86 valence electrons. The first-order valence-corrected chi connectivity index (χ1v) is 3.71. The van der Waals surface area contributed by atoms with Gasteiger partial charge in [-0.15, -0.1) is 0 Å². The van der Waals surface area contributed by atoms with E-state index in [4.69, 9.17) is 0 Å². The smallest absolute Gasteiger partial charge is 0.251 e. The molecule has 0 saturated heterocycles. The molecule has 0 aliphatic rings. The van der Waals surface area contributed by atoms with Crippen LogP contribution in [-0.2, 0) is 0 Å². The fraction of sp³-hybridized carbons (Fsp3) is 1.00. The van der Waals surface area contributed by atoms with Crippen molar-refractivity contribution in [3.63, 3.8) is 0 Å². The molecule has 0 bridgehead atoms. The maximum Gasteiger partial charge on any atom is 0.316 e. The zero-order valence-electron chi connectivity index (χ0n) is 7.27. The van der Waals surface area contributed by atoms with Crippen molar-refractivity contribution < 1.29 is 30.7 Å². The zero-order valence-corrected chi connectivity index (χ0v) is 7.27. The lowest BCUT2D eigenvalue weighted by molar-refractivity contribution is -0.239. The lowest BCUT2D eigenvalue weighted by atomic mass is 10.0. The lowest BCUT2D eigenvalue weighted by Crippen LogP contribution is -2.44. The molecule has 0 amide bonds. The molecule has 0 saturated carbocycles. The van der Waals surface area contributed by atoms with Crippen molar-refractivity contribution in [3.05, 3.63) is 0 Å². The molecule has 0 aliphatic heterocycles. The molecule has 0 radical (unpaired) electrons. The summed E-state index contributed by atoms with van der Waals surface area (Å²) in [6.45, 7) is -1.58. The number of alkyl halides is 7. The molecule has 0 nitrogen and oxygen atoms in total. The fourth-order valence-electron chi connectivity index (χ4n) is 0.821. The van der Waals surface area contributed by atoms with E-state index in [1.165, 1.54) is 0 Å². The molecule has 0 aliphatic carbocycles. The van der Waals surface area contributed by atoms with E-state index in [1.54, 1.807) is 0 Å². The Morgan fingerprint density at radius 2 is 1.29 bits per heavy atom. The van der Waals surface area contributed by atoms with E-state index < -0.39 is 37.3 Å². The summed E-state index contributed by atoms with van der Waals surface area (Å²) in [6, 6.07) is 0. The van der Waals surface area contributed by atoms with Gasteiger partial charge in [-0.3, -0.25) is 4.39 Å². The third-order valence-electron chi connectivity index (χ3n) is 1.48. The summed E-state index contributed by atoms with van der Waals surface area (Å²) < 4.78 is 85.4. The van der Waals surface area contributed by atoms with Gasteiger partial charge in [0.15, 0.2) is 0 Å². The number of hydrogen-bond acceptors (Lipinski definition) is 0. The molecule has 0 aromatic rings. The minimum Gasteiger partial charge on any atom is -0.251 e. The molecule has 14 heavy (non-hydrogen) atoms. The van der Waals surface area contributed by atoms with Crippen LogP contribution in [-0.4, -0.2) is 24.4 Å². The predicted molar refractivity (Wildman–Crippen MR) is 35.7 cm³/mol. The summed E-state index contributed by atoms with van der Waals surface area (Å²) in [5.74, 6) is -13.5. The van der Waals surface area contributed by atoms with Gasteiger partial charge in [-0.2, -0.15) is 17.6 Å². The van der Waals surface area contributed by atoms with Crippen LogP contribution in [0, 0.1) is 0 Å². The van der Waals surface area contributed by atoms with Gasteiger partial charge in [-0.1, -0.05) is 0 Å². The highest BCUT2D eigenvalue weighted by molar-refractivity contribution is 4.87. The highest BCUT2D eigenvalue weighted by Gasteiger charge is 2.58. The minimum atomic E-state index is -4.89. The van der Waals surface area contributed by atoms with Crippen LogP contribution in [0.2, 0.25) is 0 Å². The van der Waals surface area contributed by atoms with Gasteiger partial charge in [0.1, 0.15) is 0 Å². The largest absolute Gasteiger partial charge is 0.316 e. The summed E-state index contributed by atoms with van der Waals surface area (Å²) in [5.41, 5.74) is 0. The van der Waals surface area contributed by atoms with Crippen molar-refractivity contribution in [3.8, 4) is 0 Å². The Morgan fingerprint density at radius 1 is 0.857 bits per heavy atom. The van der Waals surface area contributed by atoms with Gasteiger partial charge in [-0.25, -0.2) is 8.78 Å². The van der Waals surface area contributed by atoms with E-state index in [1.807, 2.05) is 0 Å². The first-order valence-electron chi connectivity index (χ1n) is 3.71. The first kappa shape index (κ1) is 13.5. The molecule has 0 heterocycles. The summed E-state index contributed by atoms with van der Waals surface area (Å²) in [7, 11) is 0. The zero-order chi connectivity index (χ0) is 11.6. The Labute approximate surface area is 76.1 Å². The Morgan fingerprint density at radius 3 is 1.57 bits per heavy atom. The molecular weight excluding hydrogens is 217 g/mol. The third kappa shape index (κ3) is 3.71. The topological polar surface area (TPSA) is 0 Å². The van der Waals surface area contributed by atoms with Crippen LogP contribution in [0.3, 0.4) is 0 Å². The maximum atomic E-state index is 12.5. The van der Waals surface area contributed by atoms with E-state index in [-0.39, 0.29) is 6.92 Å². The second-order valence-electron chi connectivity index (χ2n) is 3.09. The predicted octanol–water partition coefficient (Wildman–Crippen LogP) is 3.66. The van der Waals surface area contributed by atoms with Crippen LogP contribution >= 0.6 is 0 Å². The van der Waals surface area contributed by atoms with Gasteiger partial charge < -0.3 is 0 Å². The molecule has 0 unspecified atom stereocenters. The van der Waals surface area contributed by atoms with Crippen molar-refractivity contribution in [2.45, 2.75) is 37.5 Å². The second-order valence-corrected chi connectivity index (χ2v) is 3.09. The van der Waals surface area contributed by atoms with Crippen LogP contribution in [0.25, 0.3) is 0 Å². The molecule has 7 heteroatoms. The molecule has 0 fully saturated rings. The van der Waals surface area contributed by atoms with Gasteiger partial charge >= 0.3 is 11.8 Å². The van der Waals surface area contributed by atoms with Crippen molar-refractivity contribution in [1.82, 2.24) is 0 Å². The monoisotopic (exact) mass is 226 g/mol. The summed E-state index contributed by atoms with van der Waals surface area (Å²) in [6.07, 6.45) is -4.04. The normalized spacial score (nSPS) is 14.6. The quantitative estimate of drug-likeness (QED) is 0.627. The van der Waals surface area contributed by atoms with Gasteiger partial charge in [0, 0.05) is 6.42 Å². The lowest BCUT2D eigenvalue weighted by Gasteiger charge is -2.27. The Hall–Kier alpha value is -0.490. The number of hydrogen-bond donors (Lipinski definition) is 0. The second kappa shape index (κ2) is 3.94. The molecule has 0 atom stereocenters. The van der Waals surface area contributed by atoms with Gasteiger partial charge in [0.05, 0.1) is 13.1 Å². The Balaban J connectivity index is 4.59. The average molecular weight is 226 g/mol. The molecule has 0 aromatic heterocycles. The fourth-order valence-corrected chi connectivity index (χ4v) is 0.821. The van der Waals surface area contributed by atoms with Crippen LogP contribution < -0.4 is 0 Å². The number of rotatable bonds is 5. The minimum absolute atomic E-state index is 0.104. The van der Waals surface area contributed by atoms with Crippen molar-refractivity contribution in [1.29, 1.82) is 0 Å². The molecule has 0 aromatic carbocycles. The Bertz CT molecular complexity index is 181. The summed E-state index contributed by atoms with van der Waals surface area (Å²) in [4.78, 5) is 0. The van der Waals surface area contributed by atoms with Crippen LogP contribution in [0.5, 0.6) is 0 Å². The van der Waals surface area contributed by atoms with Crippen LogP contribution in [0.1, 0.15) is 19.8 Å². The summed E-state index contributed by atoms with van der Waals surface area (Å²) >= 11 is 0. The molecule has 0 rings (SSSR count). The highest BCUT2D eigenvalue weighted by Crippen LogP contribution is 2.43. The SMILES string of the molecule is CC(F)(F)CC(F)(F)C(F)(F)CCF. The number of halogens is 7. The molecular formula is C7H9F7. The molecule has 0 N–H and O–H groups in total. The average Bonchev–Trinajstić information content (AvgIpc) is 1.79. The highest BCUT2D eigenvalue weighted by atomic mass is 19.3. The third-order valence-corrected chi connectivity index (χ3v) is 1.48. The van der Waals surface area contributed by atoms with E-state index in [9.17, 15) is 30.7 Å². The van der Waals surface area contributed by atoms with Crippen LogP contribution in [0.15, 0.2) is 0 Å². The Kier molecular flexibility index (Phi) is 3.80. The van der Waals surface area contributed by atoms with Gasteiger partial charge in [0.25, 0.3) is 5.92 Å². The molecule has 0 spiro atoms. The van der Waals surface area contributed by atoms with Gasteiger partial charge in [0.2, 0.25) is 0 Å². The van der Waals surface area contributed by atoms with E-state index in [0.717, 1.165) is 0 Å². The van der Waals surface area contributed by atoms with Gasteiger partial charge in [-0.05, 0) is 6.92 Å². The maximum absolute atomic E-state index is 12.5. The van der Waals surface area contributed by atoms with Crippen molar-refractivity contribution in [2.24, 2.45) is 0 Å². The van der Waals surface area contributed by atoms with E-state index in [2.05, 4.69) is 0 Å². The summed E-state index contributed by atoms with van der Waals surface area (Å²) in [5, 5.41) is 0. The van der Waals surface area contributed by atoms with Crippen LogP contribution in [0.4, 0.5) is 30.7 Å². The van der Waals surface area contributed by atoms with E-state index in [0.29, 0.717) is 0 Å². The van der Waals surface area contributed by atoms with E-state index >= 15 is 0 Å².